The van der Waals surface area contributed by atoms with Crippen molar-refractivity contribution in [3.05, 3.63) is 21.8 Å². The molecule has 1 aliphatic rings. The first kappa shape index (κ1) is 23.8. The monoisotopic (exact) mass is 464 g/mol. The number of hydrogen-bond donors (Lipinski definition) is 1. The molecule has 0 aromatic carbocycles. The quantitative estimate of drug-likeness (QED) is 0.327. The van der Waals surface area contributed by atoms with Gasteiger partial charge in [-0.2, -0.15) is 0 Å². The van der Waals surface area contributed by atoms with Gasteiger partial charge < -0.3 is 14.6 Å². The van der Waals surface area contributed by atoms with Gasteiger partial charge in [-0.1, -0.05) is 32.0 Å². The Balaban J connectivity index is 1.76. The smallest absolute Gasteiger partial charge is 0.341 e. The molecule has 0 atom stereocenters. The summed E-state index contributed by atoms with van der Waals surface area (Å²) in [5, 5.41) is 12.9. The van der Waals surface area contributed by atoms with Crippen molar-refractivity contribution in [1.82, 2.24) is 14.8 Å². The zero-order valence-corrected chi connectivity index (χ0v) is 20.6. The molecule has 170 valence electrons. The molecule has 0 unspecified atom stereocenters. The molecule has 3 rings (SSSR count). The number of aryl methyl sites for hydroxylation is 1. The largest absolute Gasteiger partial charge is 0.462 e. The van der Waals surface area contributed by atoms with E-state index in [2.05, 4.69) is 47.8 Å². The molecule has 0 bridgehead atoms. The molecule has 31 heavy (non-hydrogen) atoms. The van der Waals surface area contributed by atoms with Crippen LogP contribution in [0.5, 0.6) is 0 Å². The molecule has 0 fully saturated rings. The van der Waals surface area contributed by atoms with Crippen molar-refractivity contribution in [3.63, 3.8) is 0 Å². The maximum Gasteiger partial charge on any atom is 0.341 e. The van der Waals surface area contributed by atoms with E-state index >= 15 is 0 Å². The molecule has 0 aliphatic heterocycles. The van der Waals surface area contributed by atoms with Crippen LogP contribution < -0.4 is 5.32 Å². The molecule has 1 N–H and O–H groups in total. The number of carbonyl (C=O) groups excluding carboxylic acids is 2. The summed E-state index contributed by atoms with van der Waals surface area (Å²) in [5.74, 6) is 0.881. The van der Waals surface area contributed by atoms with Gasteiger partial charge in [0.2, 0.25) is 5.91 Å². The topological polar surface area (TPSA) is 86.1 Å². The number of hydrogen-bond acceptors (Lipinski definition) is 7. The molecular formula is C22H32N4O3S2. The Bertz CT molecular complexity index is 934. The van der Waals surface area contributed by atoms with E-state index in [4.69, 9.17) is 4.74 Å². The van der Waals surface area contributed by atoms with Crippen molar-refractivity contribution in [2.45, 2.75) is 83.8 Å². The van der Waals surface area contributed by atoms with Crippen molar-refractivity contribution < 1.29 is 14.3 Å². The summed E-state index contributed by atoms with van der Waals surface area (Å²) in [7, 11) is 0. The van der Waals surface area contributed by atoms with Gasteiger partial charge in [0, 0.05) is 16.8 Å². The maximum atomic E-state index is 12.8. The van der Waals surface area contributed by atoms with Gasteiger partial charge in [-0.25, -0.2) is 4.79 Å². The van der Waals surface area contributed by atoms with Crippen LogP contribution in [0.1, 0.15) is 92.5 Å². The second-order valence-corrected chi connectivity index (χ2v) is 10.3. The minimum Gasteiger partial charge on any atom is -0.462 e. The highest BCUT2D eigenvalue weighted by Crippen LogP contribution is 2.38. The predicted molar refractivity (Wildman–Crippen MR) is 125 cm³/mol. The zero-order valence-electron chi connectivity index (χ0n) is 19.0. The molecule has 0 saturated carbocycles. The van der Waals surface area contributed by atoms with Crippen molar-refractivity contribution in [1.29, 1.82) is 0 Å². The summed E-state index contributed by atoms with van der Waals surface area (Å²) in [6.45, 7) is 10.5. The van der Waals surface area contributed by atoms with Gasteiger partial charge in [0.15, 0.2) is 5.16 Å². The number of esters is 1. The number of amides is 1. The van der Waals surface area contributed by atoms with E-state index in [-0.39, 0.29) is 29.6 Å². The van der Waals surface area contributed by atoms with E-state index in [1.54, 1.807) is 6.92 Å². The Hall–Kier alpha value is -1.87. The summed E-state index contributed by atoms with van der Waals surface area (Å²) >= 11 is 2.89. The van der Waals surface area contributed by atoms with Crippen LogP contribution in [0.4, 0.5) is 5.00 Å². The third-order valence-electron chi connectivity index (χ3n) is 5.21. The molecule has 9 heteroatoms. The lowest BCUT2D eigenvalue weighted by Gasteiger charge is -2.15. The second-order valence-electron chi connectivity index (χ2n) is 8.29. The van der Waals surface area contributed by atoms with Gasteiger partial charge >= 0.3 is 5.97 Å². The average Bonchev–Trinajstić information content (AvgIpc) is 3.21. The van der Waals surface area contributed by atoms with Gasteiger partial charge in [-0.3, -0.25) is 4.79 Å². The number of thioether (sulfide) groups is 1. The number of fused-ring (bicyclic) bond motifs is 1. The minimum atomic E-state index is -0.342. The average molecular weight is 465 g/mol. The molecule has 1 amide bonds. The standard InChI is InChI=1S/C22H32N4O3S2/c1-6-29-21(28)18-15-10-8-7-9-11-16(15)31-20(18)23-17(27)12-30-22-25-24-19(13(2)3)26(22)14(4)5/h13-14H,6-12H2,1-5H3,(H,23,27). The Morgan fingerprint density at radius 1 is 1.16 bits per heavy atom. The summed E-state index contributed by atoms with van der Waals surface area (Å²) in [6, 6.07) is 0.210. The van der Waals surface area contributed by atoms with Crippen molar-refractivity contribution in [3.8, 4) is 0 Å². The molecular weight excluding hydrogens is 432 g/mol. The van der Waals surface area contributed by atoms with E-state index in [1.165, 1.54) is 28.0 Å². The second kappa shape index (κ2) is 10.6. The summed E-state index contributed by atoms with van der Waals surface area (Å²) < 4.78 is 7.38. The minimum absolute atomic E-state index is 0.156. The van der Waals surface area contributed by atoms with E-state index < -0.39 is 0 Å². The van der Waals surface area contributed by atoms with Crippen LogP contribution in [0.15, 0.2) is 5.16 Å². The Morgan fingerprint density at radius 2 is 1.90 bits per heavy atom. The van der Waals surface area contributed by atoms with Crippen molar-refractivity contribution >= 4 is 40.0 Å². The summed E-state index contributed by atoms with van der Waals surface area (Å²) in [6.07, 6.45) is 5.15. The van der Waals surface area contributed by atoms with Crippen LogP contribution in [0.3, 0.4) is 0 Å². The Labute approximate surface area is 192 Å². The van der Waals surface area contributed by atoms with Gasteiger partial charge in [0.25, 0.3) is 0 Å². The molecule has 2 aromatic heterocycles. The van der Waals surface area contributed by atoms with Crippen molar-refractivity contribution in [2.75, 3.05) is 17.7 Å². The highest BCUT2D eigenvalue weighted by Gasteiger charge is 2.27. The Kier molecular flexibility index (Phi) is 8.16. The molecule has 0 spiro atoms. The van der Waals surface area contributed by atoms with E-state index in [0.717, 1.165) is 48.6 Å². The fourth-order valence-electron chi connectivity index (χ4n) is 3.81. The van der Waals surface area contributed by atoms with Gasteiger partial charge in [0.05, 0.1) is 17.9 Å². The summed E-state index contributed by atoms with van der Waals surface area (Å²) in [5.41, 5.74) is 1.61. The number of nitrogens with zero attached hydrogens (tertiary/aromatic N) is 3. The zero-order chi connectivity index (χ0) is 22.5. The van der Waals surface area contributed by atoms with Gasteiger partial charge in [0.1, 0.15) is 10.8 Å². The van der Waals surface area contributed by atoms with Crippen LogP contribution in [0.2, 0.25) is 0 Å². The van der Waals surface area contributed by atoms with Gasteiger partial charge in [-0.15, -0.1) is 21.5 Å². The fourth-order valence-corrected chi connectivity index (χ4v) is 5.98. The fraction of sp³-hybridized carbons (Fsp3) is 0.636. The van der Waals surface area contributed by atoms with Crippen LogP contribution in [-0.4, -0.2) is 39.0 Å². The van der Waals surface area contributed by atoms with Crippen molar-refractivity contribution in [2.24, 2.45) is 0 Å². The number of nitrogens with one attached hydrogen (secondary N) is 1. The molecule has 0 radical (unpaired) electrons. The number of rotatable bonds is 8. The third kappa shape index (κ3) is 5.49. The lowest BCUT2D eigenvalue weighted by atomic mass is 10.1. The van der Waals surface area contributed by atoms with E-state index in [0.29, 0.717) is 17.2 Å². The highest BCUT2D eigenvalue weighted by atomic mass is 32.2. The van der Waals surface area contributed by atoms with Gasteiger partial charge in [-0.05, 0) is 52.0 Å². The predicted octanol–water partition coefficient (Wildman–Crippen LogP) is 5.22. The Morgan fingerprint density at radius 3 is 2.58 bits per heavy atom. The molecule has 7 nitrogen and oxygen atoms in total. The summed E-state index contributed by atoms with van der Waals surface area (Å²) in [4.78, 5) is 26.6. The normalized spacial score (nSPS) is 13.9. The van der Waals surface area contributed by atoms with Crippen LogP contribution in [-0.2, 0) is 22.4 Å². The SMILES string of the molecule is CCOC(=O)c1c(NC(=O)CSc2nnc(C(C)C)n2C(C)C)sc2c1CCCCC2. The lowest BCUT2D eigenvalue weighted by molar-refractivity contribution is -0.113. The maximum absolute atomic E-state index is 12.8. The first-order valence-corrected chi connectivity index (χ1v) is 12.8. The number of aromatic nitrogens is 3. The van der Waals surface area contributed by atoms with Crippen LogP contribution >= 0.6 is 23.1 Å². The lowest BCUT2D eigenvalue weighted by Crippen LogP contribution is -2.17. The highest BCUT2D eigenvalue weighted by molar-refractivity contribution is 7.99. The van der Waals surface area contributed by atoms with E-state index in [9.17, 15) is 9.59 Å². The molecule has 2 aromatic rings. The number of anilines is 1. The number of carbonyl (C=O) groups is 2. The number of ether oxygens (including phenoxy) is 1. The van der Waals surface area contributed by atoms with Crippen LogP contribution in [0, 0.1) is 0 Å². The third-order valence-corrected chi connectivity index (χ3v) is 7.36. The molecule has 0 saturated heterocycles. The first-order chi connectivity index (χ1) is 14.8. The molecule has 2 heterocycles. The number of thiophene rings is 1. The first-order valence-electron chi connectivity index (χ1n) is 11.0. The molecule has 1 aliphatic carbocycles. The van der Waals surface area contributed by atoms with Crippen LogP contribution in [0.25, 0.3) is 0 Å². The van der Waals surface area contributed by atoms with E-state index in [1.807, 2.05) is 0 Å².